The molecule has 3 heteroatoms. The highest BCUT2D eigenvalue weighted by atomic mass is 16.3. The van der Waals surface area contributed by atoms with Crippen LogP contribution in [0.1, 0.15) is 64.7 Å². The molecule has 110 valence electrons. The zero-order valence-corrected chi connectivity index (χ0v) is 12.4. The number of hydrogen-bond acceptors (Lipinski definition) is 3. The molecule has 0 aromatic carbocycles. The van der Waals surface area contributed by atoms with Crippen molar-refractivity contribution in [2.24, 2.45) is 0 Å². The Morgan fingerprint density at radius 1 is 1.05 bits per heavy atom. The van der Waals surface area contributed by atoms with Crippen LogP contribution in [0.5, 0.6) is 0 Å². The Morgan fingerprint density at radius 2 is 1.74 bits per heavy atom. The minimum absolute atomic E-state index is 0.0761. The van der Waals surface area contributed by atoms with Gasteiger partial charge in [-0.1, -0.05) is 19.8 Å². The lowest BCUT2D eigenvalue weighted by atomic mass is 9.88. The summed E-state index contributed by atoms with van der Waals surface area (Å²) in [5.41, 5.74) is 0. The first-order valence-corrected chi connectivity index (χ1v) is 8.47. The molecule has 1 saturated carbocycles. The van der Waals surface area contributed by atoms with Crippen molar-refractivity contribution in [3.05, 3.63) is 0 Å². The Labute approximate surface area is 117 Å². The minimum Gasteiger partial charge on any atom is -0.391 e. The van der Waals surface area contributed by atoms with Gasteiger partial charge in [0.2, 0.25) is 0 Å². The quantitative estimate of drug-likeness (QED) is 0.819. The molecule has 0 aromatic heterocycles. The van der Waals surface area contributed by atoms with Gasteiger partial charge in [0, 0.05) is 24.2 Å². The zero-order chi connectivity index (χ0) is 13.2. The van der Waals surface area contributed by atoms with Crippen LogP contribution in [0.25, 0.3) is 0 Å². The second-order valence-corrected chi connectivity index (χ2v) is 6.92. The molecule has 3 rings (SSSR count). The lowest BCUT2D eigenvalue weighted by molar-refractivity contribution is -0.0127. The first kappa shape index (κ1) is 13.8. The van der Waals surface area contributed by atoms with Gasteiger partial charge < -0.3 is 10.4 Å². The van der Waals surface area contributed by atoms with E-state index in [1.54, 1.807) is 0 Å². The summed E-state index contributed by atoms with van der Waals surface area (Å²) in [6, 6.07) is 2.67. The van der Waals surface area contributed by atoms with E-state index in [1.165, 1.54) is 57.9 Å². The van der Waals surface area contributed by atoms with Gasteiger partial charge in [-0.25, -0.2) is 0 Å². The van der Waals surface area contributed by atoms with Gasteiger partial charge in [-0.15, -0.1) is 0 Å². The van der Waals surface area contributed by atoms with Gasteiger partial charge in [0.15, 0.2) is 0 Å². The van der Waals surface area contributed by atoms with Gasteiger partial charge in [-0.3, -0.25) is 4.90 Å². The Hall–Kier alpha value is -0.120. The van der Waals surface area contributed by atoms with Crippen LogP contribution in [0.4, 0.5) is 0 Å². The maximum absolute atomic E-state index is 10.4. The van der Waals surface area contributed by atoms with Gasteiger partial charge in [0.1, 0.15) is 0 Å². The summed E-state index contributed by atoms with van der Waals surface area (Å²) in [6.45, 7) is 3.45. The molecule has 0 radical (unpaired) electrons. The van der Waals surface area contributed by atoms with Gasteiger partial charge in [-0.2, -0.15) is 0 Å². The van der Waals surface area contributed by atoms with Crippen LogP contribution in [0.3, 0.4) is 0 Å². The van der Waals surface area contributed by atoms with E-state index in [1.807, 2.05) is 0 Å². The predicted octanol–water partition coefficient (Wildman–Crippen LogP) is 2.28. The van der Waals surface area contributed by atoms with E-state index in [-0.39, 0.29) is 6.10 Å². The molecule has 1 aliphatic carbocycles. The fraction of sp³-hybridized carbons (Fsp3) is 1.00. The SMILES string of the molecule is CCCN(C1CC2CCC(C1)N2)C1CCCCC1O. The molecule has 3 aliphatic rings. The van der Waals surface area contributed by atoms with Gasteiger partial charge in [-0.05, 0) is 51.5 Å². The number of hydrogen-bond donors (Lipinski definition) is 2. The summed E-state index contributed by atoms with van der Waals surface area (Å²) in [7, 11) is 0. The van der Waals surface area contributed by atoms with E-state index in [0.717, 1.165) is 24.5 Å². The molecule has 2 heterocycles. The van der Waals surface area contributed by atoms with Crippen molar-refractivity contribution in [1.29, 1.82) is 0 Å². The number of fused-ring (bicyclic) bond motifs is 2. The standard InChI is InChI=1S/C16H30N2O/c1-2-9-18(15-5-3-4-6-16(15)19)14-10-12-7-8-13(11-14)17-12/h12-17,19H,2-11H2,1H3. The highest BCUT2D eigenvalue weighted by Gasteiger charge is 2.39. The number of nitrogens with zero attached hydrogens (tertiary/aromatic N) is 1. The van der Waals surface area contributed by atoms with Crippen LogP contribution >= 0.6 is 0 Å². The molecule has 2 saturated heterocycles. The summed E-state index contributed by atoms with van der Waals surface area (Å²) >= 11 is 0. The van der Waals surface area contributed by atoms with Crippen molar-refractivity contribution >= 4 is 0 Å². The third-order valence-electron chi connectivity index (χ3n) is 5.52. The van der Waals surface area contributed by atoms with Crippen LogP contribution in [0.15, 0.2) is 0 Å². The average Bonchev–Trinajstić information content (AvgIpc) is 2.76. The first-order valence-electron chi connectivity index (χ1n) is 8.47. The molecule has 2 N–H and O–H groups in total. The fourth-order valence-electron chi connectivity index (χ4n) is 4.65. The second kappa shape index (κ2) is 6.11. The predicted molar refractivity (Wildman–Crippen MR) is 78.2 cm³/mol. The van der Waals surface area contributed by atoms with Crippen molar-refractivity contribution in [3.63, 3.8) is 0 Å². The number of nitrogens with one attached hydrogen (secondary N) is 1. The Bertz CT molecular complexity index is 284. The number of aliphatic hydroxyl groups excluding tert-OH is 1. The monoisotopic (exact) mass is 266 g/mol. The number of rotatable bonds is 4. The Kier molecular flexibility index (Phi) is 4.45. The summed E-state index contributed by atoms with van der Waals surface area (Å²) in [5.74, 6) is 0. The van der Waals surface area contributed by atoms with Crippen molar-refractivity contribution in [2.75, 3.05) is 6.54 Å². The van der Waals surface area contributed by atoms with E-state index in [0.29, 0.717) is 6.04 Å². The summed E-state index contributed by atoms with van der Waals surface area (Å²) in [5, 5.41) is 14.1. The second-order valence-electron chi connectivity index (χ2n) is 6.92. The number of aliphatic hydroxyl groups is 1. The summed E-state index contributed by atoms with van der Waals surface area (Å²) in [4.78, 5) is 2.69. The molecule has 0 amide bonds. The van der Waals surface area contributed by atoms with E-state index >= 15 is 0 Å². The molecule has 3 fully saturated rings. The highest BCUT2D eigenvalue weighted by Crippen LogP contribution is 2.33. The van der Waals surface area contributed by atoms with Crippen molar-refractivity contribution in [2.45, 2.75) is 95.0 Å². The molecule has 4 unspecified atom stereocenters. The minimum atomic E-state index is -0.0761. The molecule has 2 bridgehead atoms. The lowest BCUT2D eigenvalue weighted by Crippen LogP contribution is -2.55. The van der Waals surface area contributed by atoms with Crippen LogP contribution in [0.2, 0.25) is 0 Å². The number of piperidine rings is 1. The molecule has 3 nitrogen and oxygen atoms in total. The first-order chi connectivity index (χ1) is 9.28. The molecule has 0 spiro atoms. The topological polar surface area (TPSA) is 35.5 Å². The maximum Gasteiger partial charge on any atom is 0.0695 e. The normalized spacial score (nSPS) is 42.8. The van der Waals surface area contributed by atoms with Crippen LogP contribution in [-0.4, -0.2) is 46.8 Å². The van der Waals surface area contributed by atoms with E-state index in [9.17, 15) is 5.11 Å². The molecule has 19 heavy (non-hydrogen) atoms. The van der Waals surface area contributed by atoms with Gasteiger partial charge in [0.05, 0.1) is 6.10 Å². The highest BCUT2D eigenvalue weighted by molar-refractivity contribution is 4.98. The van der Waals surface area contributed by atoms with Gasteiger partial charge in [0.25, 0.3) is 0 Å². The Morgan fingerprint density at radius 3 is 2.37 bits per heavy atom. The van der Waals surface area contributed by atoms with Crippen LogP contribution in [0, 0.1) is 0 Å². The van der Waals surface area contributed by atoms with E-state index in [4.69, 9.17) is 0 Å². The van der Waals surface area contributed by atoms with E-state index < -0.39 is 0 Å². The van der Waals surface area contributed by atoms with Crippen LogP contribution in [-0.2, 0) is 0 Å². The van der Waals surface area contributed by atoms with Crippen LogP contribution < -0.4 is 5.32 Å². The smallest absolute Gasteiger partial charge is 0.0695 e. The Balaban J connectivity index is 1.69. The summed E-state index contributed by atoms with van der Waals surface area (Å²) < 4.78 is 0. The third-order valence-corrected chi connectivity index (χ3v) is 5.52. The molecule has 4 atom stereocenters. The van der Waals surface area contributed by atoms with Gasteiger partial charge >= 0.3 is 0 Å². The fourth-order valence-corrected chi connectivity index (χ4v) is 4.65. The van der Waals surface area contributed by atoms with E-state index in [2.05, 4.69) is 17.1 Å². The zero-order valence-electron chi connectivity index (χ0n) is 12.4. The molecule has 0 aromatic rings. The van der Waals surface area contributed by atoms with Crippen molar-refractivity contribution < 1.29 is 5.11 Å². The molecular weight excluding hydrogens is 236 g/mol. The average molecular weight is 266 g/mol. The largest absolute Gasteiger partial charge is 0.391 e. The lowest BCUT2D eigenvalue weighted by Gasteiger charge is -2.45. The maximum atomic E-state index is 10.4. The molecular formula is C16H30N2O. The third kappa shape index (κ3) is 2.98. The van der Waals surface area contributed by atoms with Crippen molar-refractivity contribution in [3.8, 4) is 0 Å². The summed E-state index contributed by atoms with van der Waals surface area (Å²) in [6.07, 6.45) is 11.2. The van der Waals surface area contributed by atoms with Crippen molar-refractivity contribution in [1.82, 2.24) is 10.2 Å². The molecule has 2 aliphatic heterocycles.